The fourth-order valence-electron chi connectivity index (χ4n) is 3.38. The van der Waals surface area contributed by atoms with Crippen LogP contribution >= 0.6 is 24.0 Å². The van der Waals surface area contributed by atoms with Gasteiger partial charge in [0.1, 0.15) is 11.9 Å². The highest BCUT2D eigenvalue weighted by atomic mass is 127. The van der Waals surface area contributed by atoms with Crippen LogP contribution in [0.3, 0.4) is 0 Å². The van der Waals surface area contributed by atoms with Crippen molar-refractivity contribution in [2.24, 2.45) is 4.99 Å². The van der Waals surface area contributed by atoms with Gasteiger partial charge in [0.2, 0.25) is 0 Å². The number of nitrogens with one attached hydrogen (secondary N) is 1. The van der Waals surface area contributed by atoms with Gasteiger partial charge in [0.15, 0.2) is 5.96 Å². The number of ether oxygens (including phenoxy) is 1. The zero-order valence-corrected chi connectivity index (χ0v) is 17.8. The fraction of sp³-hybridized carbons (Fsp3) is 0.632. The Hall–Kier alpha value is -0.930. The van der Waals surface area contributed by atoms with Gasteiger partial charge < -0.3 is 20.1 Å². The predicted octanol–water partition coefficient (Wildman–Crippen LogP) is 3.09. The molecule has 2 unspecified atom stereocenters. The van der Waals surface area contributed by atoms with Crippen LogP contribution < -0.4 is 5.32 Å². The average molecular weight is 477 g/mol. The number of guanidine groups is 1. The first kappa shape index (κ1) is 21.4. The van der Waals surface area contributed by atoms with Crippen LogP contribution in [0.1, 0.15) is 44.8 Å². The Balaban J connectivity index is 0.00000243. The second-order valence-corrected chi connectivity index (χ2v) is 7.14. The van der Waals surface area contributed by atoms with Crippen molar-refractivity contribution in [2.75, 3.05) is 26.2 Å². The molecule has 0 aromatic heterocycles. The number of nitrogens with zero attached hydrogens (tertiary/aromatic N) is 2. The smallest absolute Gasteiger partial charge is 0.194 e. The molecule has 5 nitrogen and oxygen atoms in total. The summed E-state index contributed by atoms with van der Waals surface area (Å²) in [6.45, 7) is 6.66. The van der Waals surface area contributed by atoms with E-state index in [1.54, 1.807) is 12.1 Å². The van der Waals surface area contributed by atoms with Crippen LogP contribution in [0.25, 0.3) is 0 Å². The van der Waals surface area contributed by atoms with Crippen molar-refractivity contribution in [1.29, 1.82) is 0 Å². The minimum Gasteiger partial charge on any atom is -0.388 e. The summed E-state index contributed by atoms with van der Waals surface area (Å²) in [6.07, 6.45) is 2.64. The monoisotopic (exact) mass is 477 g/mol. The molecule has 146 valence electrons. The Bertz CT molecular complexity index is 607. The number of hydrogen-bond donors (Lipinski definition) is 2. The normalized spacial score (nSPS) is 25.2. The van der Waals surface area contributed by atoms with E-state index in [-0.39, 0.29) is 42.0 Å². The van der Waals surface area contributed by atoms with Crippen LogP contribution in [0.5, 0.6) is 0 Å². The second kappa shape index (κ2) is 9.32. The van der Waals surface area contributed by atoms with Crippen LogP contribution in [0.4, 0.5) is 4.39 Å². The summed E-state index contributed by atoms with van der Waals surface area (Å²) in [6, 6.07) is 6.48. The van der Waals surface area contributed by atoms with E-state index in [2.05, 4.69) is 15.2 Å². The van der Waals surface area contributed by atoms with Crippen LogP contribution in [-0.4, -0.2) is 53.9 Å². The van der Waals surface area contributed by atoms with E-state index in [0.29, 0.717) is 13.1 Å². The zero-order valence-electron chi connectivity index (χ0n) is 15.4. The highest BCUT2D eigenvalue weighted by Gasteiger charge is 2.35. The van der Waals surface area contributed by atoms with E-state index in [1.165, 1.54) is 12.1 Å². The van der Waals surface area contributed by atoms with Crippen molar-refractivity contribution in [3.8, 4) is 0 Å². The van der Waals surface area contributed by atoms with Crippen LogP contribution in [0.15, 0.2) is 29.3 Å². The number of morpholine rings is 1. The van der Waals surface area contributed by atoms with E-state index in [1.807, 2.05) is 13.8 Å². The molecular weight excluding hydrogens is 448 g/mol. The van der Waals surface area contributed by atoms with Gasteiger partial charge in [-0.3, -0.25) is 4.99 Å². The molecule has 0 amide bonds. The van der Waals surface area contributed by atoms with E-state index in [0.717, 1.165) is 43.9 Å². The highest BCUT2D eigenvalue weighted by molar-refractivity contribution is 14.0. The highest BCUT2D eigenvalue weighted by Crippen LogP contribution is 2.32. The molecule has 1 heterocycles. The molecule has 2 aliphatic rings. The second-order valence-electron chi connectivity index (χ2n) is 7.14. The number of halogens is 2. The fourth-order valence-corrected chi connectivity index (χ4v) is 3.38. The minimum absolute atomic E-state index is 0. The van der Waals surface area contributed by atoms with Gasteiger partial charge in [-0.2, -0.15) is 0 Å². The van der Waals surface area contributed by atoms with Gasteiger partial charge in [0.25, 0.3) is 0 Å². The first-order chi connectivity index (χ1) is 12.0. The number of hydrogen-bond acceptors (Lipinski definition) is 3. The van der Waals surface area contributed by atoms with E-state index < -0.39 is 5.60 Å². The predicted molar refractivity (Wildman–Crippen MR) is 111 cm³/mol. The first-order valence-electron chi connectivity index (χ1n) is 9.16. The topological polar surface area (TPSA) is 57.1 Å². The lowest BCUT2D eigenvalue weighted by Gasteiger charge is -2.40. The lowest BCUT2D eigenvalue weighted by atomic mass is 9.80. The van der Waals surface area contributed by atoms with E-state index in [4.69, 9.17) is 4.74 Å². The molecule has 7 heteroatoms. The molecule has 2 fully saturated rings. The summed E-state index contributed by atoms with van der Waals surface area (Å²) >= 11 is 0. The molecule has 3 rings (SSSR count). The van der Waals surface area contributed by atoms with Crippen molar-refractivity contribution in [3.05, 3.63) is 35.6 Å². The Labute approximate surface area is 172 Å². The Morgan fingerprint density at radius 1 is 1.35 bits per heavy atom. The van der Waals surface area contributed by atoms with Gasteiger partial charge in [0.05, 0.1) is 24.8 Å². The molecule has 1 aliphatic heterocycles. The molecule has 2 N–H and O–H groups in total. The number of aliphatic imine (C=N–C) groups is 1. The summed E-state index contributed by atoms with van der Waals surface area (Å²) in [5, 5.41) is 13.6. The molecule has 0 bridgehead atoms. The molecule has 0 spiro atoms. The zero-order chi connectivity index (χ0) is 17.9. The molecule has 26 heavy (non-hydrogen) atoms. The van der Waals surface area contributed by atoms with Crippen LogP contribution in [-0.2, 0) is 4.74 Å². The summed E-state index contributed by atoms with van der Waals surface area (Å²) in [7, 11) is 0. The van der Waals surface area contributed by atoms with E-state index >= 15 is 0 Å². The maximum atomic E-state index is 13.2. The van der Waals surface area contributed by atoms with Gasteiger partial charge in [0, 0.05) is 13.1 Å². The summed E-state index contributed by atoms with van der Waals surface area (Å²) < 4.78 is 19.2. The van der Waals surface area contributed by atoms with Crippen LogP contribution in [0.2, 0.25) is 0 Å². The van der Waals surface area contributed by atoms with Crippen molar-refractivity contribution >= 4 is 29.9 Å². The average Bonchev–Trinajstić information content (AvgIpc) is 2.57. The Kier molecular flexibility index (Phi) is 7.66. The number of rotatable bonds is 4. The summed E-state index contributed by atoms with van der Waals surface area (Å²) in [5.41, 5.74) is 0.334. The van der Waals surface area contributed by atoms with Crippen molar-refractivity contribution in [2.45, 2.75) is 50.9 Å². The van der Waals surface area contributed by atoms with Gasteiger partial charge >= 0.3 is 0 Å². The molecule has 1 saturated heterocycles. The molecule has 2 atom stereocenters. The summed E-state index contributed by atoms with van der Waals surface area (Å²) in [4.78, 5) is 6.85. The molecule has 1 aromatic carbocycles. The lowest BCUT2D eigenvalue weighted by Crippen LogP contribution is -2.51. The van der Waals surface area contributed by atoms with Gasteiger partial charge in [-0.15, -0.1) is 24.0 Å². The van der Waals surface area contributed by atoms with E-state index in [9.17, 15) is 9.50 Å². The maximum absolute atomic E-state index is 13.2. The minimum atomic E-state index is -0.630. The first-order valence-corrected chi connectivity index (χ1v) is 9.16. The van der Waals surface area contributed by atoms with Crippen molar-refractivity contribution in [3.63, 3.8) is 0 Å². The Morgan fingerprint density at radius 3 is 2.62 bits per heavy atom. The van der Waals surface area contributed by atoms with Crippen molar-refractivity contribution in [1.82, 2.24) is 10.2 Å². The third-order valence-corrected chi connectivity index (χ3v) is 4.94. The van der Waals surface area contributed by atoms with Gasteiger partial charge in [-0.05, 0) is 50.8 Å². The molecule has 0 radical (unpaired) electrons. The molecular formula is C19H29FIN3O2. The number of benzene rings is 1. The largest absolute Gasteiger partial charge is 0.388 e. The molecule has 1 aliphatic carbocycles. The standard InChI is InChI=1S/C19H28FN3O2.HI/c1-3-21-18(22-13-19(24)9-4-10-19)23-11-14(2)25-17(12-23)15-5-7-16(20)8-6-15;/h5-8,14,17,24H,3-4,9-13H2,1-2H3,(H,21,22);1H. The number of aliphatic hydroxyl groups is 1. The van der Waals surface area contributed by atoms with Gasteiger partial charge in [-0.25, -0.2) is 4.39 Å². The Morgan fingerprint density at radius 2 is 2.04 bits per heavy atom. The SMILES string of the molecule is CCNC(=NCC1(O)CCC1)N1CC(C)OC(c2ccc(F)cc2)C1.I. The van der Waals surface area contributed by atoms with Gasteiger partial charge in [-0.1, -0.05) is 12.1 Å². The van der Waals surface area contributed by atoms with Crippen LogP contribution in [0, 0.1) is 5.82 Å². The van der Waals surface area contributed by atoms with Crippen molar-refractivity contribution < 1.29 is 14.2 Å². The molecule has 1 saturated carbocycles. The lowest BCUT2D eigenvalue weighted by molar-refractivity contribution is -0.0609. The maximum Gasteiger partial charge on any atom is 0.194 e. The third kappa shape index (κ3) is 5.29. The molecule has 1 aromatic rings. The third-order valence-electron chi connectivity index (χ3n) is 4.94. The quantitative estimate of drug-likeness (QED) is 0.398. The summed E-state index contributed by atoms with van der Waals surface area (Å²) in [5.74, 6) is 0.568.